The van der Waals surface area contributed by atoms with Crippen LogP contribution in [-0.2, 0) is 9.84 Å². The van der Waals surface area contributed by atoms with Gasteiger partial charge in [-0.3, -0.25) is 0 Å². The summed E-state index contributed by atoms with van der Waals surface area (Å²) in [5.41, 5.74) is 0.757. The molecule has 0 amide bonds. The minimum absolute atomic E-state index is 0.0119. The molecule has 0 atom stereocenters. The van der Waals surface area contributed by atoms with Gasteiger partial charge in [-0.2, -0.15) is 0 Å². The summed E-state index contributed by atoms with van der Waals surface area (Å²) >= 11 is -1.12. The van der Waals surface area contributed by atoms with Gasteiger partial charge in [0.1, 0.15) is 0 Å². The van der Waals surface area contributed by atoms with Crippen LogP contribution in [0.3, 0.4) is 0 Å². The van der Waals surface area contributed by atoms with Gasteiger partial charge in [-0.05, 0) is 0 Å². The molecule has 6 heteroatoms. The molecule has 0 saturated carbocycles. The van der Waals surface area contributed by atoms with Gasteiger partial charge in [0.25, 0.3) is 0 Å². The van der Waals surface area contributed by atoms with Gasteiger partial charge in [-0.1, -0.05) is 0 Å². The average molecular weight is 568 g/mol. The molecule has 172 valence electrons. The minimum atomic E-state index is -3.39. The molecule has 0 fully saturated rings. The Morgan fingerprint density at radius 2 is 1.58 bits per heavy atom. The molecule has 0 aliphatic rings. The maximum atomic E-state index is 12.8. The molecule has 0 saturated heterocycles. The van der Waals surface area contributed by atoms with Crippen molar-refractivity contribution < 1.29 is 8.42 Å². The van der Waals surface area contributed by atoms with Crippen LogP contribution in [0.25, 0.3) is 10.2 Å². The van der Waals surface area contributed by atoms with Crippen molar-refractivity contribution in [1.82, 2.24) is 4.98 Å². The van der Waals surface area contributed by atoms with Crippen LogP contribution in [0.2, 0.25) is 13.3 Å². The van der Waals surface area contributed by atoms with Crippen LogP contribution in [-0.4, -0.2) is 37.5 Å². The molecule has 3 nitrogen and oxygen atoms in total. The van der Waals surface area contributed by atoms with Gasteiger partial charge in [-0.25, -0.2) is 0 Å². The normalized spacial score (nSPS) is 13.5. The van der Waals surface area contributed by atoms with Gasteiger partial charge in [-0.15, -0.1) is 0 Å². The Kier molecular flexibility index (Phi) is 11.3. The van der Waals surface area contributed by atoms with Crippen molar-refractivity contribution in [3.8, 4) is 0 Å². The van der Waals surface area contributed by atoms with E-state index in [0.717, 1.165) is 10.2 Å². The summed E-state index contributed by atoms with van der Waals surface area (Å²) in [6.07, 6.45) is 13.9. The summed E-state index contributed by atoms with van der Waals surface area (Å²) in [6.45, 7) is 9.22. The number of unbranched alkanes of at least 4 members (excludes halogenated alkanes) is 3. The van der Waals surface area contributed by atoms with Gasteiger partial charge in [0, 0.05) is 0 Å². The van der Waals surface area contributed by atoms with E-state index in [2.05, 4.69) is 38.8 Å². The second-order valence-corrected chi connectivity index (χ2v) is 25.7. The third kappa shape index (κ3) is 7.71. The van der Waals surface area contributed by atoms with Crippen molar-refractivity contribution in [3.05, 3.63) is 46.1 Å². The molecule has 1 aromatic carbocycles. The number of para-hydroxylation sites is 1. The van der Waals surface area contributed by atoms with Gasteiger partial charge in [0.15, 0.2) is 0 Å². The standard InChI is InChI=1S/C13H12NO2S2.3C4H9.Sn/c1-2-3-4-7-10-18(15,16)13-14-11-8-5-6-9-12(11)17-13;3*1-3-4-2;/h3-9H,10H2,1H3;3*1,3-4H2,2H3;/b3-2?,7-4+;;;;. The number of hydrogen-bond acceptors (Lipinski definition) is 4. The Hall–Kier alpha value is -0.661. The number of sulfone groups is 1. The zero-order valence-corrected chi connectivity index (χ0v) is 24.2. The Labute approximate surface area is 197 Å². The van der Waals surface area contributed by atoms with E-state index in [-0.39, 0.29) is 10.1 Å². The monoisotopic (exact) mass is 569 g/mol. The van der Waals surface area contributed by atoms with Crippen LogP contribution in [0.15, 0.2) is 50.4 Å². The Morgan fingerprint density at radius 3 is 2.13 bits per heavy atom. The van der Waals surface area contributed by atoms with Crippen molar-refractivity contribution in [2.75, 3.05) is 5.75 Å². The van der Waals surface area contributed by atoms with Crippen molar-refractivity contribution >= 4 is 49.8 Å². The number of fused-ring (bicyclic) bond motifs is 1. The number of rotatable bonds is 14. The summed E-state index contributed by atoms with van der Waals surface area (Å²) in [5.74, 6) is 0.0119. The van der Waals surface area contributed by atoms with Gasteiger partial charge >= 0.3 is 199 Å². The average Bonchev–Trinajstić information content (AvgIpc) is 3.22. The topological polar surface area (TPSA) is 47.0 Å². The molecule has 31 heavy (non-hydrogen) atoms. The molecular weight excluding hydrogens is 529 g/mol. The summed E-state index contributed by atoms with van der Waals surface area (Å²) < 4.78 is 32.6. The molecule has 2 rings (SSSR count). The number of thiazole rings is 1. The SMILES string of the molecule is CCC[CH2][Sn]([CH2]CCC)([CH2]CCC)/[C](C)=C/C=C/CS(=O)(=O)c1nc2ccccc2s1. The zero-order chi connectivity index (χ0) is 22.7. The van der Waals surface area contributed by atoms with Crippen molar-refractivity contribution in [3.63, 3.8) is 0 Å². The van der Waals surface area contributed by atoms with Crippen LogP contribution < -0.4 is 0 Å². The van der Waals surface area contributed by atoms with E-state index in [1.165, 1.54) is 63.2 Å². The second kappa shape index (κ2) is 13.1. The van der Waals surface area contributed by atoms with Gasteiger partial charge in [0.2, 0.25) is 0 Å². The fourth-order valence-electron chi connectivity index (χ4n) is 4.14. The number of hydrogen-bond donors (Lipinski definition) is 0. The van der Waals surface area contributed by atoms with E-state index in [4.69, 9.17) is 0 Å². The molecule has 0 aliphatic carbocycles. The fourth-order valence-corrected chi connectivity index (χ4v) is 22.2. The Balaban J connectivity index is 2.16. The summed E-state index contributed by atoms with van der Waals surface area (Å²) in [6, 6.07) is 7.59. The molecule has 0 aliphatic heterocycles. The quantitative estimate of drug-likeness (QED) is 0.172. The molecule has 1 heterocycles. The first-order chi connectivity index (χ1) is 14.9. The Bertz CT molecular complexity index is 922. The van der Waals surface area contributed by atoms with E-state index in [1.807, 2.05) is 30.3 Å². The first-order valence-corrected chi connectivity index (χ1v) is 21.8. The molecule has 0 spiro atoms. The summed E-state index contributed by atoms with van der Waals surface area (Å²) in [4.78, 5) is 4.33. The predicted octanol–water partition coefficient (Wildman–Crippen LogP) is 7.96. The summed E-state index contributed by atoms with van der Waals surface area (Å²) in [7, 11) is -3.39. The van der Waals surface area contributed by atoms with Crippen molar-refractivity contribution in [1.29, 1.82) is 0 Å². The fraction of sp³-hybridized carbons (Fsp3) is 0.560. The van der Waals surface area contributed by atoms with Crippen molar-refractivity contribution in [2.45, 2.75) is 83.9 Å². The second-order valence-electron chi connectivity index (χ2n) is 8.60. The van der Waals surface area contributed by atoms with Gasteiger partial charge < -0.3 is 0 Å². The van der Waals surface area contributed by atoms with Crippen LogP contribution in [0, 0.1) is 0 Å². The van der Waals surface area contributed by atoms with Crippen LogP contribution >= 0.6 is 11.3 Å². The van der Waals surface area contributed by atoms with E-state index in [1.54, 1.807) is 9.67 Å². The first kappa shape index (κ1) is 26.6. The molecule has 0 unspecified atom stereocenters. The molecule has 0 N–H and O–H groups in total. The van der Waals surface area contributed by atoms with Crippen LogP contribution in [0.1, 0.15) is 66.2 Å². The van der Waals surface area contributed by atoms with Crippen LogP contribution in [0.5, 0.6) is 0 Å². The third-order valence-corrected chi connectivity index (χ3v) is 25.8. The third-order valence-electron chi connectivity index (χ3n) is 6.20. The summed E-state index contributed by atoms with van der Waals surface area (Å²) in [5, 5.41) is 0. The predicted molar refractivity (Wildman–Crippen MR) is 139 cm³/mol. The Morgan fingerprint density at radius 1 is 1.00 bits per heavy atom. The number of benzene rings is 1. The number of aromatic nitrogens is 1. The molecule has 1 aromatic heterocycles. The van der Waals surface area contributed by atoms with Gasteiger partial charge in [0.05, 0.1) is 0 Å². The number of allylic oxidation sites excluding steroid dienone is 3. The first-order valence-electron chi connectivity index (χ1n) is 11.8. The molecular formula is C25H39NO2S2Sn. The maximum absolute atomic E-state index is 12.8. The van der Waals surface area contributed by atoms with Crippen LogP contribution in [0.4, 0.5) is 0 Å². The number of nitrogens with zero attached hydrogens (tertiary/aromatic N) is 1. The van der Waals surface area contributed by atoms with E-state index < -0.39 is 28.2 Å². The zero-order valence-electron chi connectivity index (χ0n) is 19.7. The molecule has 0 radical (unpaired) electrons. The molecule has 2 aromatic rings. The van der Waals surface area contributed by atoms with E-state index in [0.29, 0.717) is 0 Å². The molecule has 0 bridgehead atoms. The van der Waals surface area contributed by atoms with E-state index in [9.17, 15) is 8.42 Å². The van der Waals surface area contributed by atoms with E-state index >= 15 is 0 Å². The van der Waals surface area contributed by atoms with Crippen molar-refractivity contribution in [2.24, 2.45) is 0 Å².